The van der Waals surface area contributed by atoms with Crippen LogP contribution in [0.5, 0.6) is 0 Å². The van der Waals surface area contributed by atoms with Crippen LogP contribution in [0, 0.1) is 17.0 Å². The molecule has 8 heteroatoms. The molecule has 0 fully saturated rings. The number of nitro groups is 1. The van der Waals surface area contributed by atoms with Crippen molar-refractivity contribution in [3.8, 4) is 0 Å². The van der Waals surface area contributed by atoms with E-state index in [1.165, 1.54) is 30.3 Å². The average Bonchev–Trinajstić information content (AvgIpc) is 2.88. The molecule has 1 heterocycles. The van der Waals surface area contributed by atoms with Crippen LogP contribution in [0.4, 0.5) is 11.4 Å². The summed E-state index contributed by atoms with van der Waals surface area (Å²) in [4.78, 5) is 37.1. The molecule has 0 aliphatic carbocycles. The first-order valence-corrected chi connectivity index (χ1v) is 8.70. The molecule has 0 bridgehead atoms. The van der Waals surface area contributed by atoms with Gasteiger partial charge in [-0.1, -0.05) is 17.7 Å². The van der Waals surface area contributed by atoms with Crippen molar-refractivity contribution in [2.45, 2.75) is 6.92 Å². The van der Waals surface area contributed by atoms with E-state index in [1.807, 2.05) is 6.92 Å². The lowest BCUT2D eigenvalue weighted by atomic mass is 10.0. The molecule has 28 heavy (non-hydrogen) atoms. The number of benzene rings is 2. The van der Waals surface area contributed by atoms with E-state index < -0.39 is 16.7 Å². The highest BCUT2D eigenvalue weighted by Crippen LogP contribution is 2.32. The molecule has 0 saturated heterocycles. The molecule has 7 nitrogen and oxygen atoms in total. The fraction of sp³-hybridized carbons (Fsp3) is 0.100. The number of imide groups is 1. The van der Waals surface area contributed by atoms with Gasteiger partial charge in [-0.15, -0.1) is 6.58 Å². The molecule has 2 aromatic rings. The van der Waals surface area contributed by atoms with Gasteiger partial charge in [0, 0.05) is 29.4 Å². The number of nitro benzene ring substituents is 1. The molecule has 142 valence electrons. The van der Waals surface area contributed by atoms with Gasteiger partial charge in [-0.2, -0.15) is 0 Å². The maximum Gasteiger partial charge on any atom is 0.278 e. The summed E-state index contributed by atoms with van der Waals surface area (Å²) in [5, 5.41) is 14.5. The molecule has 1 N–H and O–H groups in total. The minimum absolute atomic E-state index is 0.0545. The van der Waals surface area contributed by atoms with Crippen molar-refractivity contribution in [1.29, 1.82) is 0 Å². The van der Waals surface area contributed by atoms with Gasteiger partial charge in [0.25, 0.3) is 17.5 Å². The predicted octanol–water partition coefficient (Wildman–Crippen LogP) is 3.93. The van der Waals surface area contributed by atoms with Gasteiger partial charge in [0.05, 0.1) is 10.5 Å². The van der Waals surface area contributed by atoms with Crippen molar-refractivity contribution in [2.24, 2.45) is 0 Å². The van der Waals surface area contributed by atoms with Gasteiger partial charge in [0.15, 0.2) is 0 Å². The predicted molar refractivity (Wildman–Crippen MR) is 107 cm³/mol. The maximum atomic E-state index is 12.9. The number of halogens is 1. The SMILES string of the molecule is C=CCN1C(=O)C(Nc2ccc(Cl)cc2C)=C(c2ccc([N+](=O)[O-])cc2)C1=O. The second-order valence-corrected chi connectivity index (χ2v) is 6.58. The van der Waals surface area contributed by atoms with Crippen molar-refractivity contribution >= 4 is 40.4 Å². The van der Waals surface area contributed by atoms with Gasteiger partial charge in [-0.25, -0.2) is 0 Å². The van der Waals surface area contributed by atoms with Crippen molar-refractivity contribution in [3.63, 3.8) is 0 Å². The highest BCUT2D eigenvalue weighted by atomic mass is 35.5. The van der Waals surface area contributed by atoms with E-state index in [2.05, 4.69) is 11.9 Å². The van der Waals surface area contributed by atoms with Crippen LogP contribution in [0.2, 0.25) is 5.02 Å². The van der Waals surface area contributed by atoms with Crippen molar-refractivity contribution in [2.75, 3.05) is 11.9 Å². The molecule has 3 rings (SSSR count). The normalized spacial score (nSPS) is 13.9. The molecular formula is C20H16ClN3O4. The van der Waals surface area contributed by atoms with Crippen LogP contribution in [0.15, 0.2) is 60.8 Å². The zero-order chi connectivity index (χ0) is 20.4. The Morgan fingerprint density at radius 1 is 1.18 bits per heavy atom. The molecule has 0 unspecified atom stereocenters. The first-order valence-electron chi connectivity index (χ1n) is 8.33. The first-order chi connectivity index (χ1) is 13.3. The number of aryl methyl sites for hydroxylation is 1. The summed E-state index contributed by atoms with van der Waals surface area (Å²) in [6.45, 7) is 5.46. The summed E-state index contributed by atoms with van der Waals surface area (Å²) in [6, 6.07) is 10.6. The van der Waals surface area contributed by atoms with E-state index in [0.29, 0.717) is 16.3 Å². The third-order valence-electron chi connectivity index (χ3n) is 4.29. The second kappa shape index (κ2) is 7.66. The van der Waals surface area contributed by atoms with Crippen LogP contribution in [0.3, 0.4) is 0 Å². The third kappa shape index (κ3) is 3.52. The van der Waals surface area contributed by atoms with Crippen LogP contribution >= 0.6 is 11.6 Å². The molecule has 1 aliphatic heterocycles. The summed E-state index contributed by atoms with van der Waals surface area (Å²) in [5.41, 5.74) is 1.98. The van der Waals surface area contributed by atoms with Crippen molar-refractivity contribution in [3.05, 3.63) is 87.1 Å². The molecular weight excluding hydrogens is 382 g/mol. The lowest BCUT2D eigenvalue weighted by Crippen LogP contribution is -2.32. The number of hydrogen-bond acceptors (Lipinski definition) is 5. The zero-order valence-electron chi connectivity index (χ0n) is 14.9. The fourth-order valence-electron chi connectivity index (χ4n) is 2.91. The summed E-state index contributed by atoms with van der Waals surface area (Å²) in [7, 11) is 0. The van der Waals surface area contributed by atoms with Gasteiger partial charge in [0.2, 0.25) is 0 Å². The second-order valence-electron chi connectivity index (χ2n) is 6.15. The highest BCUT2D eigenvalue weighted by molar-refractivity contribution is 6.36. The van der Waals surface area contributed by atoms with E-state index in [1.54, 1.807) is 18.2 Å². The van der Waals surface area contributed by atoms with Gasteiger partial charge < -0.3 is 5.32 Å². The Kier molecular flexibility index (Phi) is 5.28. The summed E-state index contributed by atoms with van der Waals surface area (Å²) >= 11 is 5.98. The minimum atomic E-state index is -0.528. The molecule has 0 spiro atoms. The van der Waals surface area contributed by atoms with Gasteiger partial charge >= 0.3 is 0 Å². The number of non-ortho nitro benzene ring substituents is 1. The standard InChI is InChI=1S/C20H16ClN3O4/c1-3-10-23-19(25)17(13-4-7-15(8-5-13)24(27)28)18(20(23)26)22-16-9-6-14(21)11-12(16)2/h3-9,11,22H,1,10H2,2H3. The topological polar surface area (TPSA) is 92.6 Å². The van der Waals surface area contributed by atoms with Crippen LogP contribution in [-0.4, -0.2) is 28.2 Å². The quantitative estimate of drug-likeness (QED) is 0.345. The molecule has 0 radical (unpaired) electrons. The molecule has 0 atom stereocenters. The van der Waals surface area contributed by atoms with Crippen molar-refractivity contribution < 1.29 is 14.5 Å². The van der Waals surface area contributed by atoms with Crippen LogP contribution < -0.4 is 5.32 Å². The van der Waals surface area contributed by atoms with E-state index in [-0.39, 0.29) is 23.5 Å². The molecule has 1 aliphatic rings. The minimum Gasteiger partial charge on any atom is -0.350 e. The molecule has 0 aromatic heterocycles. The van der Waals surface area contributed by atoms with E-state index in [0.717, 1.165) is 10.5 Å². The zero-order valence-corrected chi connectivity index (χ0v) is 15.7. The largest absolute Gasteiger partial charge is 0.350 e. The number of anilines is 1. The average molecular weight is 398 g/mol. The smallest absolute Gasteiger partial charge is 0.278 e. The fourth-order valence-corrected chi connectivity index (χ4v) is 3.13. The lowest BCUT2D eigenvalue weighted by molar-refractivity contribution is -0.384. The number of nitrogens with zero attached hydrogens (tertiary/aromatic N) is 2. The summed E-state index contributed by atoms with van der Waals surface area (Å²) in [5.74, 6) is -0.986. The lowest BCUT2D eigenvalue weighted by Gasteiger charge is -2.13. The Balaban J connectivity index is 2.10. The molecule has 2 amide bonds. The Bertz CT molecular complexity index is 1030. The number of carbonyl (C=O) groups excluding carboxylic acids is 2. The van der Waals surface area contributed by atoms with Crippen LogP contribution in [0.1, 0.15) is 11.1 Å². The number of hydrogen-bond donors (Lipinski definition) is 1. The van der Waals surface area contributed by atoms with E-state index >= 15 is 0 Å². The van der Waals surface area contributed by atoms with Gasteiger partial charge in [0.1, 0.15) is 5.70 Å². The number of rotatable bonds is 6. The van der Waals surface area contributed by atoms with Crippen LogP contribution in [-0.2, 0) is 9.59 Å². The van der Waals surface area contributed by atoms with Crippen LogP contribution in [0.25, 0.3) is 5.57 Å². The summed E-state index contributed by atoms with van der Waals surface area (Å²) < 4.78 is 0. The third-order valence-corrected chi connectivity index (χ3v) is 4.53. The Hall–Kier alpha value is -3.45. The number of carbonyl (C=O) groups is 2. The number of amides is 2. The highest BCUT2D eigenvalue weighted by Gasteiger charge is 2.38. The number of nitrogens with one attached hydrogen (secondary N) is 1. The van der Waals surface area contributed by atoms with Crippen molar-refractivity contribution in [1.82, 2.24) is 4.90 Å². The van der Waals surface area contributed by atoms with Gasteiger partial charge in [-0.05, 0) is 48.4 Å². The Morgan fingerprint density at radius 2 is 1.86 bits per heavy atom. The van der Waals surface area contributed by atoms with E-state index in [9.17, 15) is 19.7 Å². The van der Waals surface area contributed by atoms with Gasteiger partial charge in [-0.3, -0.25) is 24.6 Å². The Labute approximate surface area is 166 Å². The monoisotopic (exact) mass is 397 g/mol. The van der Waals surface area contributed by atoms with E-state index in [4.69, 9.17) is 11.6 Å². The maximum absolute atomic E-state index is 12.9. The molecule has 0 saturated carbocycles. The molecule has 2 aromatic carbocycles. The first kappa shape index (κ1) is 19.3. The Morgan fingerprint density at radius 3 is 2.43 bits per heavy atom. The summed E-state index contributed by atoms with van der Waals surface area (Å²) in [6.07, 6.45) is 1.46.